The number of hydrogen-bond donors (Lipinski definition) is 0. The molecule has 0 radical (unpaired) electrons. The number of halogens is 1. The number of nitroso groups, excluding NO2 is 1. The van der Waals surface area contributed by atoms with Crippen molar-refractivity contribution in [1.82, 2.24) is 0 Å². The third kappa shape index (κ3) is 1.42. The summed E-state index contributed by atoms with van der Waals surface area (Å²) in [5.74, 6) is 0.100. The van der Waals surface area contributed by atoms with Gasteiger partial charge in [-0.2, -0.15) is 4.91 Å². The smallest absolute Gasteiger partial charge is 0.139 e. The van der Waals surface area contributed by atoms with Crippen molar-refractivity contribution in [3.05, 3.63) is 40.8 Å². The van der Waals surface area contributed by atoms with Crippen LogP contribution in [0.4, 0.5) is 4.39 Å². The van der Waals surface area contributed by atoms with Crippen LogP contribution in [-0.4, -0.2) is 0 Å². The predicted octanol–water partition coefficient (Wildman–Crippen LogP) is 2.84. The summed E-state index contributed by atoms with van der Waals surface area (Å²) in [5, 5.41) is 3.46. The fourth-order valence-corrected chi connectivity index (χ4v) is 1.20. The van der Waals surface area contributed by atoms with Crippen molar-refractivity contribution in [3.8, 4) is 0 Å². The number of nitrogens with zero attached hydrogens (tertiary/aromatic N) is 1. The Hall–Kier alpha value is -1.71. The van der Waals surface area contributed by atoms with Gasteiger partial charge in [0.2, 0.25) is 0 Å². The predicted molar refractivity (Wildman–Crippen MR) is 45.7 cm³/mol. The van der Waals surface area contributed by atoms with Crippen molar-refractivity contribution in [3.63, 3.8) is 0 Å². The minimum Gasteiger partial charge on any atom is -0.459 e. The molecule has 1 aromatic heterocycles. The Labute approximate surface area is 73.1 Å². The van der Waals surface area contributed by atoms with E-state index in [1.807, 2.05) is 0 Å². The maximum absolute atomic E-state index is 12.7. The summed E-state index contributed by atoms with van der Waals surface area (Å²) < 4.78 is 17.8. The zero-order chi connectivity index (χ0) is 9.26. The van der Waals surface area contributed by atoms with E-state index < -0.39 is 0 Å². The van der Waals surface area contributed by atoms with Crippen LogP contribution in [0.1, 0.15) is 5.76 Å². The van der Waals surface area contributed by atoms with E-state index >= 15 is 0 Å². The van der Waals surface area contributed by atoms with Crippen LogP contribution in [0, 0.1) is 10.7 Å². The third-order valence-corrected chi connectivity index (χ3v) is 1.75. The van der Waals surface area contributed by atoms with Crippen molar-refractivity contribution in [2.45, 2.75) is 6.54 Å². The van der Waals surface area contributed by atoms with E-state index in [0.717, 1.165) is 5.39 Å². The first-order valence-corrected chi connectivity index (χ1v) is 3.76. The molecule has 0 N–H and O–H groups in total. The minimum atomic E-state index is -0.354. The van der Waals surface area contributed by atoms with E-state index in [1.54, 1.807) is 12.1 Å². The largest absolute Gasteiger partial charge is 0.459 e. The number of hydrogen-bond acceptors (Lipinski definition) is 3. The van der Waals surface area contributed by atoms with Crippen LogP contribution in [-0.2, 0) is 6.54 Å². The SMILES string of the molecule is O=NCc1cc2ccc(F)cc2o1. The molecule has 0 spiro atoms. The molecule has 0 aliphatic carbocycles. The van der Waals surface area contributed by atoms with Gasteiger partial charge in [-0.3, -0.25) is 0 Å². The van der Waals surface area contributed by atoms with Gasteiger partial charge in [-0.1, -0.05) is 5.18 Å². The van der Waals surface area contributed by atoms with Crippen molar-refractivity contribution < 1.29 is 8.81 Å². The van der Waals surface area contributed by atoms with Crippen LogP contribution < -0.4 is 0 Å². The molecule has 0 saturated heterocycles. The Kier molecular flexibility index (Phi) is 1.81. The molecular formula is C9H6FNO2. The van der Waals surface area contributed by atoms with Gasteiger partial charge in [-0.05, 0) is 18.2 Å². The quantitative estimate of drug-likeness (QED) is 0.665. The molecule has 0 saturated carbocycles. The highest BCUT2D eigenvalue weighted by molar-refractivity contribution is 5.77. The molecular weight excluding hydrogens is 173 g/mol. The van der Waals surface area contributed by atoms with E-state index in [-0.39, 0.29) is 12.4 Å². The van der Waals surface area contributed by atoms with Crippen LogP contribution in [0.3, 0.4) is 0 Å². The highest BCUT2D eigenvalue weighted by Crippen LogP contribution is 2.20. The van der Waals surface area contributed by atoms with Gasteiger partial charge in [0.05, 0.1) is 0 Å². The fraction of sp³-hybridized carbons (Fsp3) is 0.111. The lowest BCUT2D eigenvalue weighted by Gasteiger charge is -1.86. The van der Waals surface area contributed by atoms with Crippen LogP contribution in [0.2, 0.25) is 0 Å². The lowest BCUT2D eigenvalue weighted by molar-refractivity contribution is 0.547. The van der Waals surface area contributed by atoms with Gasteiger partial charge in [0.25, 0.3) is 0 Å². The lowest BCUT2D eigenvalue weighted by atomic mass is 10.2. The van der Waals surface area contributed by atoms with Crippen molar-refractivity contribution in [1.29, 1.82) is 0 Å². The average Bonchev–Trinajstić information content (AvgIpc) is 2.46. The Balaban J connectivity index is 2.55. The molecule has 4 heteroatoms. The highest BCUT2D eigenvalue weighted by atomic mass is 19.1. The first-order valence-electron chi connectivity index (χ1n) is 3.76. The molecule has 0 aliphatic rings. The number of furan rings is 1. The Morgan fingerprint density at radius 2 is 2.23 bits per heavy atom. The molecule has 0 atom stereocenters. The summed E-state index contributed by atoms with van der Waals surface area (Å²) in [4.78, 5) is 9.93. The van der Waals surface area contributed by atoms with E-state index in [0.29, 0.717) is 11.3 Å². The Morgan fingerprint density at radius 1 is 1.38 bits per heavy atom. The summed E-state index contributed by atoms with van der Waals surface area (Å²) in [6.07, 6.45) is 0. The Bertz CT molecular complexity index is 450. The third-order valence-electron chi connectivity index (χ3n) is 1.75. The second-order valence-electron chi connectivity index (χ2n) is 2.68. The van der Waals surface area contributed by atoms with Gasteiger partial charge in [-0.15, -0.1) is 0 Å². The average molecular weight is 179 g/mol. The highest BCUT2D eigenvalue weighted by Gasteiger charge is 2.03. The topological polar surface area (TPSA) is 42.6 Å². The summed E-state index contributed by atoms with van der Waals surface area (Å²) >= 11 is 0. The van der Waals surface area contributed by atoms with E-state index in [4.69, 9.17) is 4.42 Å². The first-order chi connectivity index (χ1) is 6.29. The lowest BCUT2D eigenvalue weighted by Crippen LogP contribution is -1.70. The van der Waals surface area contributed by atoms with Gasteiger partial charge < -0.3 is 4.42 Å². The van der Waals surface area contributed by atoms with Gasteiger partial charge in [0.1, 0.15) is 23.7 Å². The summed E-state index contributed by atoms with van der Waals surface area (Å²) in [7, 11) is 0. The second-order valence-corrected chi connectivity index (χ2v) is 2.68. The normalized spacial score (nSPS) is 10.5. The van der Waals surface area contributed by atoms with Crippen LogP contribution in [0.5, 0.6) is 0 Å². The van der Waals surface area contributed by atoms with Gasteiger partial charge in [-0.25, -0.2) is 4.39 Å². The Morgan fingerprint density at radius 3 is 3.00 bits per heavy atom. The van der Waals surface area contributed by atoms with Crippen molar-refractivity contribution in [2.24, 2.45) is 5.18 Å². The summed E-state index contributed by atoms with van der Waals surface area (Å²) in [6, 6.07) is 5.90. The molecule has 1 heterocycles. The summed E-state index contributed by atoms with van der Waals surface area (Å²) in [6.45, 7) is -0.0176. The van der Waals surface area contributed by atoms with Crippen LogP contribution in [0.25, 0.3) is 11.0 Å². The summed E-state index contributed by atoms with van der Waals surface area (Å²) in [5.41, 5.74) is 0.443. The molecule has 0 amide bonds. The van der Waals surface area contributed by atoms with E-state index in [9.17, 15) is 9.30 Å². The minimum absolute atomic E-state index is 0.0176. The molecule has 1 aromatic carbocycles. The van der Waals surface area contributed by atoms with E-state index in [1.165, 1.54) is 12.1 Å². The zero-order valence-corrected chi connectivity index (χ0v) is 6.66. The molecule has 0 fully saturated rings. The van der Waals surface area contributed by atoms with Crippen LogP contribution in [0.15, 0.2) is 33.9 Å². The molecule has 66 valence electrons. The molecule has 13 heavy (non-hydrogen) atoms. The van der Waals surface area contributed by atoms with Gasteiger partial charge in [0.15, 0.2) is 0 Å². The van der Waals surface area contributed by atoms with Crippen molar-refractivity contribution >= 4 is 11.0 Å². The number of fused-ring (bicyclic) bond motifs is 1. The van der Waals surface area contributed by atoms with Gasteiger partial charge in [0, 0.05) is 11.5 Å². The number of rotatable bonds is 2. The van der Waals surface area contributed by atoms with Crippen molar-refractivity contribution in [2.75, 3.05) is 0 Å². The molecule has 3 nitrogen and oxygen atoms in total. The van der Waals surface area contributed by atoms with Crippen LogP contribution >= 0.6 is 0 Å². The first kappa shape index (κ1) is 7.91. The molecule has 0 unspecified atom stereocenters. The molecule has 2 rings (SSSR count). The molecule has 0 aliphatic heterocycles. The van der Waals surface area contributed by atoms with E-state index in [2.05, 4.69) is 5.18 Å². The molecule has 2 aromatic rings. The van der Waals surface area contributed by atoms with Gasteiger partial charge >= 0.3 is 0 Å². The monoisotopic (exact) mass is 179 g/mol. The number of benzene rings is 1. The zero-order valence-electron chi connectivity index (χ0n) is 6.66. The second kappa shape index (κ2) is 2.97. The molecule has 0 bridgehead atoms. The fourth-order valence-electron chi connectivity index (χ4n) is 1.20. The maximum Gasteiger partial charge on any atom is 0.139 e. The maximum atomic E-state index is 12.7. The standard InChI is InChI=1S/C9H6FNO2/c10-7-2-1-6-3-8(5-11-12)13-9(6)4-7/h1-4H,5H2.